The molecule has 0 radical (unpaired) electrons. The summed E-state index contributed by atoms with van der Waals surface area (Å²) in [7, 11) is 0. The molecule has 0 aliphatic rings. The van der Waals surface area contributed by atoms with E-state index in [0.717, 1.165) is 0 Å². The van der Waals surface area contributed by atoms with Crippen molar-refractivity contribution in [2.24, 2.45) is 11.8 Å². The van der Waals surface area contributed by atoms with E-state index in [9.17, 15) is 14.4 Å². The van der Waals surface area contributed by atoms with Crippen LogP contribution in [0, 0.1) is 11.8 Å². The van der Waals surface area contributed by atoms with Gasteiger partial charge >= 0.3 is 17.9 Å². The van der Waals surface area contributed by atoms with Crippen molar-refractivity contribution < 1.29 is 29.0 Å². The Labute approximate surface area is 151 Å². The van der Waals surface area contributed by atoms with Gasteiger partial charge < -0.3 is 14.6 Å². The van der Waals surface area contributed by atoms with Crippen LogP contribution in [-0.2, 0) is 23.9 Å². The summed E-state index contributed by atoms with van der Waals surface area (Å²) in [6.07, 6.45) is 1.17. The zero-order valence-electron chi connectivity index (χ0n) is 16.3. The minimum Gasteiger partial charge on any atom is -0.478 e. The lowest BCUT2D eigenvalue weighted by atomic mass is 10.2. The molecular weight excluding hydrogens is 324 g/mol. The van der Waals surface area contributed by atoms with Gasteiger partial charge in [0.05, 0.1) is 13.2 Å². The summed E-state index contributed by atoms with van der Waals surface area (Å²) in [6, 6.07) is 0. The first-order valence-corrected chi connectivity index (χ1v) is 7.85. The van der Waals surface area contributed by atoms with E-state index in [1.165, 1.54) is 13.0 Å². The topological polar surface area (TPSA) is 89.9 Å². The number of esters is 2. The highest BCUT2D eigenvalue weighted by molar-refractivity contribution is 5.86. The van der Waals surface area contributed by atoms with Crippen LogP contribution in [0.4, 0.5) is 0 Å². The maximum Gasteiger partial charge on any atom is 0.333 e. The van der Waals surface area contributed by atoms with Crippen molar-refractivity contribution >= 4 is 17.9 Å². The molecule has 0 heterocycles. The highest BCUT2D eigenvalue weighted by Gasteiger charge is 2.03. The summed E-state index contributed by atoms with van der Waals surface area (Å²) in [5, 5.41) is 7.89. The van der Waals surface area contributed by atoms with Gasteiger partial charge in [-0.15, -0.1) is 0 Å². The summed E-state index contributed by atoms with van der Waals surface area (Å²) in [5.74, 6) is -0.787. The number of hydrogen-bond acceptors (Lipinski definition) is 5. The average Bonchev–Trinajstić information content (AvgIpc) is 2.50. The molecule has 0 aromatic heterocycles. The van der Waals surface area contributed by atoms with Crippen LogP contribution in [0.5, 0.6) is 0 Å². The maximum atomic E-state index is 10.7. The molecule has 0 aliphatic heterocycles. The Morgan fingerprint density at radius 1 is 0.920 bits per heavy atom. The molecule has 0 spiro atoms. The Morgan fingerprint density at radius 2 is 1.28 bits per heavy atom. The Kier molecular flexibility index (Phi) is 18.1. The van der Waals surface area contributed by atoms with Gasteiger partial charge in [0, 0.05) is 17.2 Å². The third-order valence-electron chi connectivity index (χ3n) is 1.99. The highest BCUT2D eigenvalue weighted by atomic mass is 16.5. The Hall–Kier alpha value is -2.37. The highest BCUT2D eigenvalue weighted by Crippen LogP contribution is 1.97. The molecule has 0 saturated heterocycles. The fraction of sp³-hybridized carbons (Fsp3) is 0.526. The van der Waals surface area contributed by atoms with E-state index in [1.807, 2.05) is 27.7 Å². The lowest BCUT2D eigenvalue weighted by molar-refractivity contribution is -0.140. The van der Waals surface area contributed by atoms with Gasteiger partial charge in [-0.3, -0.25) is 0 Å². The molecule has 144 valence electrons. The Bertz CT molecular complexity index is 449. The van der Waals surface area contributed by atoms with Gasteiger partial charge in [0.25, 0.3) is 0 Å². The zero-order chi connectivity index (χ0) is 20.6. The molecule has 0 bridgehead atoms. The molecule has 25 heavy (non-hydrogen) atoms. The van der Waals surface area contributed by atoms with Crippen molar-refractivity contribution in [3.8, 4) is 0 Å². The summed E-state index contributed by atoms with van der Waals surface area (Å²) in [5.41, 5.74) is 0.635. The standard InChI is InChI=1S/C8H14O2.C7H12O2.C4H6O2/c1-6(2)5-10-8(9)7(3)4;1-4-7(8)9-5-6(2)3;1-3(2)4(5)6/h6H,3,5H2,1-2,4H3;4,6H,1,5H2,2-3H3;1H2,2H3,(H,5,6). The van der Waals surface area contributed by atoms with Crippen molar-refractivity contribution in [2.45, 2.75) is 41.5 Å². The van der Waals surface area contributed by atoms with Crippen molar-refractivity contribution in [2.75, 3.05) is 13.2 Å². The third kappa shape index (κ3) is 26.8. The maximum absolute atomic E-state index is 10.7. The number of aliphatic carboxylic acids is 1. The second-order valence-electron chi connectivity index (χ2n) is 6.09. The Morgan fingerprint density at radius 3 is 1.52 bits per heavy atom. The van der Waals surface area contributed by atoms with Gasteiger partial charge in [0.2, 0.25) is 0 Å². The van der Waals surface area contributed by atoms with Gasteiger partial charge in [-0.2, -0.15) is 0 Å². The SMILES string of the molecule is C=C(C)C(=O)O.C=C(C)C(=O)OCC(C)C.C=CC(=O)OCC(C)C. The zero-order valence-corrected chi connectivity index (χ0v) is 16.3. The molecule has 0 fully saturated rings. The van der Waals surface area contributed by atoms with Crippen LogP contribution in [-0.4, -0.2) is 36.2 Å². The van der Waals surface area contributed by atoms with Crippen LogP contribution in [0.1, 0.15) is 41.5 Å². The molecule has 0 rings (SSSR count). The predicted molar refractivity (Wildman–Crippen MR) is 99.1 cm³/mol. The number of carbonyl (C=O) groups excluding carboxylic acids is 2. The molecular formula is C19H32O6. The van der Waals surface area contributed by atoms with E-state index >= 15 is 0 Å². The fourth-order valence-corrected chi connectivity index (χ4v) is 0.673. The molecule has 0 aromatic rings. The summed E-state index contributed by atoms with van der Waals surface area (Å²) in [4.78, 5) is 30.7. The van der Waals surface area contributed by atoms with E-state index in [4.69, 9.17) is 14.6 Å². The van der Waals surface area contributed by atoms with Crippen molar-refractivity contribution in [1.29, 1.82) is 0 Å². The van der Waals surface area contributed by atoms with E-state index in [-0.39, 0.29) is 17.5 Å². The van der Waals surface area contributed by atoms with Gasteiger partial charge in [-0.25, -0.2) is 14.4 Å². The quantitative estimate of drug-likeness (QED) is 0.551. The van der Waals surface area contributed by atoms with Crippen LogP contribution in [0.15, 0.2) is 37.0 Å². The third-order valence-corrected chi connectivity index (χ3v) is 1.99. The first-order chi connectivity index (χ1) is 11.3. The van der Waals surface area contributed by atoms with Crippen LogP contribution in [0.3, 0.4) is 0 Å². The second kappa shape index (κ2) is 16.5. The Balaban J connectivity index is -0.000000300. The summed E-state index contributed by atoms with van der Waals surface area (Å²) < 4.78 is 9.52. The first-order valence-electron chi connectivity index (χ1n) is 7.85. The minimum absolute atomic E-state index is 0.176. The van der Waals surface area contributed by atoms with Gasteiger partial charge in [-0.1, -0.05) is 47.4 Å². The lowest BCUT2D eigenvalue weighted by Crippen LogP contribution is -2.09. The average molecular weight is 356 g/mol. The van der Waals surface area contributed by atoms with Crippen LogP contribution in [0.2, 0.25) is 0 Å². The van der Waals surface area contributed by atoms with E-state index < -0.39 is 5.97 Å². The molecule has 0 atom stereocenters. The van der Waals surface area contributed by atoms with E-state index in [0.29, 0.717) is 30.6 Å². The molecule has 1 N–H and O–H groups in total. The first kappa shape index (κ1) is 27.5. The predicted octanol–water partition coefficient (Wildman–Crippen LogP) is 3.78. The largest absolute Gasteiger partial charge is 0.478 e. The summed E-state index contributed by atoms with van der Waals surface area (Å²) >= 11 is 0. The van der Waals surface area contributed by atoms with Crippen molar-refractivity contribution in [3.05, 3.63) is 37.0 Å². The van der Waals surface area contributed by atoms with Gasteiger partial charge in [0.15, 0.2) is 0 Å². The van der Waals surface area contributed by atoms with E-state index in [2.05, 4.69) is 19.7 Å². The number of carbonyl (C=O) groups is 3. The molecule has 0 saturated carbocycles. The van der Waals surface area contributed by atoms with Crippen LogP contribution < -0.4 is 0 Å². The molecule has 0 aliphatic carbocycles. The smallest absolute Gasteiger partial charge is 0.333 e. The van der Waals surface area contributed by atoms with Crippen molar-refractivity contribution in [1.82, 2.24) is 0 Å². The van der Waals surface area contributed by atoms with Gasteiger partial charge in [-0.05, 0) is 25.7 Å². The lowest BCUT2D eigenvalue weighted by Gasteiger charge is -2.05. The minimum atomic E-state index is -0.935. The molecule has 6 nitrogen and oxygen atoms in total. The molecule has 6 heteroatoms. The number of rotatable bonds is 7. The van der Waals surface area contributed by atoms with Gasteiger partial charge in [0.1, 0.15) is 0 Å². The number of hydrogen-bond donors (Lipinski definition) is 1. The van der Waals surface area contributed by atoms with Crippen LogP contribution in [0.25, 0.3) is 0 Å². The number of carboxylic acid groups (broad SMARTS) is 1. The molecule has 0 aromatic carbocycles. The summed E-state index contributed by atoms with van der Waals surface area (Å²) in [6.45, 7) is 21.9. The molecule has 0 amide bonds. The number of carboxylic acids is 1. The van der Waals surface area contributed by atoms with E-state index in [1.54, 1.807) is 6.92 Å². The monoisotopic (exact) mass is 356 g/mol. The van der Waals surface area contributed by atoms with Crippen LogP contribution >= 0.6 is 0 Å². The second-order valence-corrected chi connectivity index (χ2v) is 6.09. The fourth-order valence-electron chi connectivity index (χ4n) is 0.673. The van der Waals surface area contributed by atoms with Crippen molar-refractivity contribution in [3.63, 3.8) is 0 Å². The molecule has 0 unspecified atom stereocenters. The normalized spacial score (nSPS) is 8.96. The number of ether oxygens (including phenoxy) is 2.